The molecule has 9 rings (SSSR count). The third-order valence-electron chi connectivity index (χ3n) is 8.77. The molecule has 0 atom stereocenters. The summed E-state index contributed by atoms with van der Waals surface area (Å²) in [5, 5.41) is 9.21. The van der Waals surface area contributed by atoms with E-state index in [1.165, 1.54) is 16.2 Å². The molecule has 0 unspecified atom stereocenters. The zero-order valence-corrected chi connectivity index (χ0v) is 24.6. The van der Waals surface area contributed by atoms with Gasteiger partial charge in [0.15, 0.2) is 0 Å². The second-order valence-electron chi connectivity index (χ2n) is 11.5. The van der Waals surface area contributed by atoms with Gasteiger partial charge in [0.1, 0.15) is 22.7 Å². The summed E-state index contributed by atoms with van der Waals surface area (Å²) in [6.07, 6.45) is 5.64. The molecule has 0 aliphatic carbocycles. The van der Waals surface area contributed by atoms with E-state index in [-0.39, 0.29) is 6.71 Å². The Morgan fingerprint density at radius 1 is 0.667 bits per heavy atom. The van der Waals surface area contributed by atoms with Gasteiger partial charge in [-0.2, -0.15) is 0 Å². The first-order chi connectivity index (χ1) is 22.2. The van der Waals surface area contributed by atoms with E-state index in [0.29, 0.717) is 0 Å². The Morgan fingerprint density at radius 3 is 2.31 bits per heavy atom. The molecule has 7 heteroatoms. The molecule has 0 bridgehead atoms. The Hall–Kier alpha value is -5.95. The van der Waals surface area contributed by atoms with E-state index in [2.05, 4.69) is 113 Å². The molecule has 0 radical (unpaired) electrons. The number of furan rings is 1. The number of para-hydroxylation sites is 3. The van der Waals surface area contributed by atoms with Gasteiger partial charge in [-0.25, -0.2) is 9.55 Å². The number of fused-ring (bicyclic) bond motifs is 6. The van der Waals surface area contributed by atoms with Crippen molar-refractivity contribution in [3.63, 3.8) is 0 Å². The van der Waals surface area contributed by atoms with E-state index in [1.807, 2.05) is 59.4 Å². The average molecular weight is 580 g/mol. The van der Waals surface area contributed by atoms with Gasteiger partial charge in [-0.15, -0.1) is 0 Å². The summed E-state index contributed by atoms with van der Waals surface area (Å²) in [6, 6.07) is 44.9. The number of benzene rings is 5. The number of aromatic nitrogens is 5. The quantitative estimate of drug-likeness (QED) is 0.197. The maximum absolute atomic E-state index is 6.62. The molecule has 6 nitrogen and oxygen atoms in total. The summed E-state index contributed by atoms with van der Waals surface area (Å²) >= 11 is 0. The summed E-state index contributed by atoms with van der Waals surface area (Å²) < 4.78 is 12.7. The minimum Gasteiger partial charge on any atom is -0.457 e. The van der Waals surface area contributed by atoms with Gasteiger partial charge >= 0.3 is 0 Å². The highest BCUT2D eigenvalue weighted by molar-refractivity contribution is 6.97. The molecular formula is C38H27BN5O+. The summed E-state index contributed by atoms with van der Waals surface area (Å²) in [7, 11) is 1.98. The molecule has 4 heterocycles. The van der Waals surface area contributed by atoms with Crippen LogP contribution in [0.4, 0.5) is 0 Å². The zero-order valence-electron chi connectivity index (χ0n) is 24.6. The third-order valence-corrected chi connectivity index (χ3v) is 8.77. The second kappa shape index (κ2) is 10.1. The maximum atomic E-state index is 6.62. The van der Waals surface area contributed by atoms with Crippen LogP contribution in [0.3, 0.4) is 0 Å². The Labute approximate surface area is 259 Å². The van der Waals surface area contributed by atoms with E-state index in [4.69, 9.17) is 9.40 Å². The Bertz CT molecular complexity index is 2530. The van der Waals surface area contributed by atoms with Gasteiger partial charge in [-0.3, -0.25) is 4.57 Å². The van der Waals surface area contributed by atoms with Crippen LogP contribution in [0.25, 0.3) is 55.2 Å². The number of hydrogen-bond acceptors (Lipinski definition) is 3. The number of pyridine rings is 1. The van der Waals surface area contributed by atoms with Crippen LogP contribution in [0.2, 0.25) is 0 Å². The fourth-order valence-corrected chi connectivity index (χ4v) is 6.80. The number of nitrogens with zero attached hydrogens (tertiary/aromatic N) is 5. The van der Waals surface area contributed by atoms with Crippen LogP contribution in [-0.4, -0.2) is 26.0 Å². The molecule has 0 fully saturated rings. The lowest BCUT2D eigenvalue weighted by Gasteiger charge is -2.17. The van der Waals surface area contributed by atoms with Gasteiger partial charge < -0.3 is 4.42 Å². The first-order valence-electron chi connectivity index (χ1n) is 15.1. The molecule has 0 N–H and O–H groups in total. The van der Waals surface area contributed by atoms with Crippen molar-refractivity contribution in [3.8, 4) is 11.5 Å². The summed E-state index contributed by atoms with van der Waals surface area (Å²) in [4.78, 5) is 4.76. The van der Waals surface area contributed by atoms with E-state index < -0.39 is 0 Å². The van der Waals surface area contributed by atoms with Crippen LogP contribution < -0.4 is 21.0 Å². The third kappa shape index (κ3) is 4.08. The van der Waals surface area contributed by atoms with Gasteiger partial charge in [-0.05, 0) is 47.9 Å². The fourth-order valence-electron chi connectivity index (χ4n) is 6.80. The van der Waals surface area contributed by atoms with Crippen LogP contribution in [0.5, 0.6) is 0 Å². The summed E-state index contributed by atoms with van der Waals surface area (Å²) in [5.41, 5.74) is 8.48. The molecule has 0 saturated carbocycles. The molecule has 212 valence electrons. The minimum absolute atomic E-state index is 0.113. The maximum Gasteiger partial charge on any atom is 0.265 e. The second-order valence-corrected chi connectivity index (χ2v) is 11.5. The number of hydrogen-bond donors (Lipinski definition) is 0. The normalized spacial score (nSPS) is 11.7. The van der Waals surface area contributed by atoms with Gasteiger partial charge in [-0.1, -0.05) is 101 Å². The lowest BCUT2D eigenvalue weighted by Crippen LogP contribution is -2.52. The lowest BCUT2D eigenvalue weighted by atomic mass is 9.36. The topological polar surface area (TPSA) is 52.7 Å². The fraction of sp³-hybridized carbons (Fsp3) is 0.0263. The van der Waals surface area contributed by atoms with Crippen LogP contribution in [0.15, 0.2) is 151 Å². The molecule has 0 saturated heterocycles. The van der Waals surface area contributed by atoms with Crippen molar-refractivity contribution < 1.29 is 8.98 Å². The van der Waals surface area contributed by atoms with E-state index >= 15 is 0 Å². The Balaban J connectivity index is 1.34. The number of rotatable bonds is 5. The average Bonchev–Trinajstić information content (AvgIpc) is 3.79. The molecule has 0 amide bonds. The van der Waals surface area contributed by atoms with Crippen molar-refractivity contribution in [3.05, 3.63) is 146 Å². The van der Waals surface area contributed by atoms with Gasteiger partial charge in [0, 0.05) is 32.8 Å². The predicted molar refractivity (Wildman–Crippen MR) is 182 cm³/mol. The zero-order chi connectivity index (χ0) is 29.9. The van der Waals surface area contributed by atoms with E-state index in [1.54, 1.807) is 0 Å². The van der Waals surface area contributed by atoms with Crippen molar-refractivity contribution in [2.45, 2.75) is 0 Å². The smallest absolute Gasteiger partial charge is 0.265 e. The van der Waals surface area contributed by atoms with Crippen molar-refractivity contribution in [1.29, 1.82) is 0 Å². The molecule has 0 aliphatic rings. The molecule has 0 spiro atoms. The first kappa shape index (κ1) is 25.5. The Kier molecular flexibility index (Phi) is 5.71. The summed E-state index contributed by atoms with van der Waals surface area (Å²) in [5.74, 6) is 0.894. The molecule has 5 aromatic carbocycles. The van der Waals surface area contributed by atoms with Crippen LogP contribution in [0, 0.1) is 0 Å². The molecule has 9 aromatic rings. The Morgan fingerprint density at radius 2 is 1.44 bits per heavy atom. The monoisotopic (exact) mass is 580 g/mol. The van der Waals surface area contributed by atoms with Crippen molar-refractivity contribution in [2.24, 2.45) is 7.05 Å². The standard InChI is InChI=1S/C38H27BN5O/c1-42-24-41-43(25-42)28-11-8-10-26(22-28)39(33-15-9-14-32-31-13-3-5-17-36(31)45-38(32)33)27-19-20-30-29-12-2-4-16-34(29)44(35(30)23-27)37-18-6-7-21-40-37/h2-25H,1H3/q+1. The highest BCUT2D eigenvalue weighted by Gasteiger charge is 2.28. The SMILES string of the molecule is C[n+]1cnn(-c2cccc(B(c3ccc4c5ccccc5n(-c5ccccn5)c4c3)c3cccc4c3oc3ccccc34)c2)c1. The van der Waals surface area contributed by atoms with E-state index in [9.17, 15) is 0 Å². The summed E-state index contributed by atoms with van der Waals surface area (Å²) in [6.45, 7) is -0.113. The largest absolute Gasteiger partial charge is 0.457 e. The van der Waals surface area contributed by atoms with Crippen LogP contribution >= 0.6 is 0 Å². The molecule has 45 heavy (non-hydrogen) atoms. The highest BCUT2D eigenvalue weighted by Crippen LogP contribution is 2.31. The molecular weight excluding hydrogens is 553 g/mol. The van der Waals surface area contributed by atoms with Crippen molar-refractivity contribution in [1.82, 2.24) is 19.3 Å². The lowest BCUT2D eigenvalue weighted by molar-refractivity contribution is -0.672. The molecule has 4 aromatic heterocycles. The van der Waals surface area contributed by atoms with Crippen LogP contribution in [-0.2, 0) is 7.05 Å². The van der Waals surface area contributed by atoms with Gasteiger partial charge in [0.05, 0.1) is 18.1 Å². The molecule has 0 aliphatic heterocycles. The van der Waals surface area contributed by atoms with Gasteiger partial charge in [0.25, 0.3) is 6.33 Å². The number of aryl methyl sites for hydroxylation is 1. The van der Waals surface area contributed by atoms with E-state index in [0.717, 1.165) is 55.4 Å². The highest BCUT2D eigenvalue weighted by atomic mass is 16.3. The van der Waals surface area contributed by atoms with Crippen molar-refractivity contribution in [2.75, 3.05) is 0 Å². The van der Waals surface area contributed by atoms with Gasteiger partial charge in [0.2, 0.25) is 13.0 Å². The first-order valence-corrected chi connectivity index (χ1v) is 15.1. The minimum atomic E-state index is -0.113. The predicted octanol–water partition coefficient (Wildman–Crippen LogP) is 5.60. The van der Waals surface area contributed by atoms with Crippen molar-refractivity contribution >= 4 is 66.8 Å². The van der Waals surface area contributed by atoms with Crippen LogP contribution in [0.1, 0.15) is 0 Å².